The average molecular weight is 359 g/mol. The maximum atomic E-state index is 10.7. The molecule has 0 unspecified atom stereocenters. The van der Waals surface area contributed by atoms with E-state index in [4.69, 9.17) is 16.3 Å². The monoisotopic (exact) mass is 358 g/mol. The van der Waals surface area contributed by atoms with Crippen LogP contribution in [0, 0.1) is 6.92 Å². The molecule has 2 aromatic carbocycles. The first kappa shape index (κ1) is 21.0. The van der Waals surface area contributed by atoms with Gasteiger partial charge in [0.1, 0.15) is 5.75 Å². The topological polar surface area (TPSA) is 26.3 Å². The van der Waals surface area contributed by atoms with Crippen molar-refractivity contribution in [1.29, 1.82) is 0 Å². The molecule has 0 N–H and O–H groups in total. The Hall–Kier alpha value is -2.06. The number of carbonyl (C=O) groups is 1. The molecule has 3 heteroatoms. The molecule has 0 aromatic heterocycles. The quantitative estimate of drug-likeness (QED) is 0.552. The molecule has 2 nitrogen and oxygen atoms in total. The Morgan fingerprint density at radius 3 is 2.28 bits per heavy atom. The Kier molecular flexibility index (Phi) is 9.01. The van der Waals surface area contributed by atoms with Crippen LogP contribution in [-0.4, -0.2) is 12.9 Å². The molecule has 2 rings (SSSR count). The number of carbonyl (C=O) groups excluding carboxylic acids is 1. The lowest BCUT2D eigenvalue weighted by molar-refractivity contribution is 0.101. The normalized spacial score (nSPS) is 10.7. The molecule has 0 heterocycles. The van der Waals surface area contributed by atoms with E-state index in [0.717, 1.165) is 12.2 Å². The van der Waals surface area contributed by atoms with Gasteiger partial charge in [-0.1, -0.05) is 42.7 Å². The number of ketones is 1. The van der Waals surface area contributed by atoms with Crippen LogP contribution in [0.15, 0.2) is 48.0 Å². The third-order valence-corrected chi connectivity index (χ3v) is 4.04. The van der Waals surface area contributed by atoms with Crippen molar-refractivity contribution in [3.8, 4) is 5.75 Å². The van der Waals surface area contributed by atoms with Gasteiger partial charge in [-0.15, -0.1) is 0 Å². The van der Waals surface area contributed by atoms with Crippen LogP contribution in [0.1, 0.15) is 55.1 Å². The van der Waals surface area contributed by atoms with Crippen LogP contribution in [0.4, 0.5) is 0 Å². The molecule has 0 saturated carbocycles. The van der Waals surface area contributed by atoms with Gasteiger partial charge in [-0.05, 0) is 74.7 Å². The Morgan fingerprint density at radius 1 is 1.12 bits per heavy atom. The first-order chi connectivity index (χ1) is 11.9. The van der Waals surface area contributed by atoms with Crippen molar-refractivity contribution in [3.63, 3.8) is 0 Å². The fourth-order valence-corrected chi connectivity index (χ4v) is 2.44. The van der Waals surface area contributed by atoms with E-state index >= 15 is 0 Å². The maximum Gasteiger partial charge on any atom is 0.159 e. The van der Waals surface area contributed by atoms with E-state index in [2.05, 4.69) is 39.0 Å². The third kappa shape index (κ3) is 7.57. The molecule has 0 radical (unpaired) electrons. The number of allylic oxidation sites excluding steroid dienone is 1. The smallest absolute Gasteiger partial charge is 0.159 e. The van der Waals surface area contributed by atoms with Crippen LogP contribution in [0.2, 0.25) is 5.02 Å². The molecule has 134 valence electrons. The van der Waals surface area contributed by atoms with Crippen molar-refractivity contribution in [2.45, 2.75) is 40.5 Å². The van der Waals surface area contributed by atoms with Gasteiger partial charge in [-0.2, -0.15) is 0 Å². The molecule has 0 spiro atoms. The zero-order valence-electron chi connectivity index (χ0n) is 15.7. The molecule has 0 aliphatic carbocycles. The first-order valence-corrected chi connectivity index (χ1v) is 8.83. The van der Waals surface area contributed by atoms with Gasteiger partial charge in [-0.3, -0.25) is 4.79 Å². The number of ether oxygens (including phenoxy) is 1. The SMILES string of the molecule is CC(=O)c1ccc(Cl)cc1.CCC/C(C)=C\c1cc(OC)ccc1C. The molecule has 0 fully saturated rings. The summed E-state index contributed by atoms with van der Waals surface area (Å²) in [5.74, 6) is 0.993. The van der Waals surface area contributed by atoms with Crippen LogP contribution < -0.4 is 4.74 Å². The highest BCUT2D eigenvalue weighted by Crippen LogP contribution is 2.20. The Bertz CT molecular complexity index is 715. The van der Waals surface area contributed by atoms with Crippen LogP contribution in [0.3, 0.4) is 0 Å². The van der Waals surface area contributed by atoms with Gasteiger partial charge >= 0.3 is 0 Å². The minimum absolute atomic E-state index is 0.0664. The van der Waals surface area contributed by atoms with Crippen molar-refractivity contribution in [3.05, 3.63) is 69.8 Å². The van der Waals surface area contributed by atoms with Crippen molar-refractivity contribution < 1.29 is 9.53 Å². The van der Waals surface area contributed by atoms with Crippen LogP contribution in [0.5, 0.6) is 5.75 Å². The van der Waals surface area contributed by atoms with Crippen molar-refractivity contribution in [1.82, 2.24) is 0 Å². The summed E-state index contributed by atoms with van der Waals surface area (Å²) in [6.07, 6.45) is 4.61. The van der Waals surface area contributed by atoms with Gasteiger partial charge in [-0.25, -0.2) is 0 Å². The second-order valence-electron chi connectivity index (χ2n) is 6.03. The molecule has 25 heavy (non-hydrogen) atoms. The van der Waals surface area contributed by atoms with Gasteiger partial charge in [0, 0.05) is 10.6 Å². The number of hydrogen-bond donors (Lipinski definition) is 0. The van der Waals surface area contributed by atoms with Gasteiger partial charge < -0.3 is 4.74 Å². The predicted octanol–water partition coefficient (Wildman–Crippen LogP) is 6.75. The number of rotatable bonds is 5. The lowest BCUT2D eigenvalue weighted by atomic mass is 10.0. The van der Waals surface area contributed by atoms with Crippen LogP contribution >= 0.6 is 11.6 Å². The summed E-state index contributed by atoms with van der Waals surface area (Å²) in [7, 11) is 1.71. The fourth-order valence-electron chi connectivity index (χ4n) is 2.32. The number of benzene rings is 2. The van der Waals surface area contributed by atoms with E-state index in [0.29, 0.717) is 10.6 Å². The van der Waals surface area contributed by atoms with E-state index < -0.39 is 0 Å². The number of Topliss-reactive ketones (excluding diaryl/α,β-unsaturated/α-hetero) is 1. The highest BCUT2D eigenvalue weighted by molar-refractivity contribution is 6.30. The minimum atomic E-state index is 0.0664. The van der Waals surface area contributed by atoms with Crippen molar-refractivity contribution >= 4 is 23.5 Å². The number of aryl methyl sites for hydroxylation is 1. The molecule has 0 bridgehead atoms. The molecule has 0 aliphatic rings. The van der Waals surface area contributed by atoms with Crippen molar-refractivity contribution in [2.75, 3.05) is 7.11 Å². The first-order valence-electron chi connectivity index (χ1n) is 8.45. The zero-order chi connectivity index (χ0) is 18.8. The van der Waals surface area contributed by atoms with Crippen LogP contribution in [0.25, 0.3) is 6.08 Å². The third-order valence-electron chi connectivity index (χ3n) is 3.78. The standard InChI is InChI=1S/C14H20O.C8H7ClO/c1-5-6-11(2)9-13-10-14(15-4)8-7-12(13)3;1-6(10)7-2-4-8(9)5-3-7/h7-10H,5-6H2,1-4H3;2-5H,1H3/b11-9-;. The lowest BCUT2D eigenvalue weighted by Crippen LogP contribution is -1.89. The second kappa shape index (κ2) is 10.7. The summed E-state index contributed by atoms with van der Waals surface area (Å²) in [5.41, 5.74) is 4.69. The molecular formula is C22H27ClO2. The Balaban J connectivity index is 0.000000271. The summed E-state index contributed by atoms with van der Waals surface area (Å²) in [6.45, 7) is 8.05. The molecular weight excluding hydrogens is 332 g/mol. The maximum absolute atomic E-state index is 10.7. The fraction of sp³-hybridized carbons (Fsp3) is 0.318. The van der Waals surface area contributed by atoms with Crippen LogP contribution in [-0.2, 0) is 0 Å². The summed E-state index contributed by atoms with van der Waals surface area (Å²) in [4.78, 5) is 10.7. The highest BCUT2D eigenvalue weighted by Gasteiger charge is 1.99. The Labute approximate surface area is 156 Å². The van der Waals surface area contributed by atoms with Gasteiger partial charge in [0.15, 0.2) is 5.78 Å². The predicted molar refractivity (Wildman–Crippen MR) is 108 cm³/mol. The number of methoxy groups -OCH3 is 1. The van der Waals surface area contributed by atoms with Gasteiger partial charge in [0.05, 0.1) is 7.11 Å². The molecule has 2 aromatic rings. The summed E-state index contributed by atoms with van der Waals surface area (Å²) >= 11 is 5.61. The number of hydrogen-bond acceptors (Lipinski definition) is 2. The summed E-state index contributed by atoms with van der Waals surface area (Å²) < 4.78 is 5.22. The van der Waals surface area contributed by atoms with E-state index in [-0.39, 0.29) is 5.78 Å². The van der Waals surface area contributed by atoms with E-state index in [1.54, 1.807) is 31.4 Å². The highest BCUT2D eigenvalue weighted by atomic mass is 35.5. The number of halogens is 1. The van der Waals surface area contributed by atoms with Gasteiger partial charge in [0.25, 0.3) is 0 Å². The summed E-state index contributed by atoms with van der Waals surface area (Å²) in [5, 5.41) is 0.657. The molecule has 0 amide bonds. The van der Waals surface area contributed by atoms with Gasteiger partial charge in [0.2, 0.25) is 0 Å². The van der Waals surface area contributed by atoms with E-state index in [9.17, 15) is 4.79 Å². The zero-order valence-corrected chi connectivity index (χ0v) is 16.5. The lowest BCUT2D eigenvalue weighted by Gasteiger charge is -2.06. The molecule has 0 atom stereocenters. The average Bonchev–Trinajstić information content (AvgIpc) is 2.58. The van der Waals surface area contributed by atoms with E-state index in [1.807, 2.05) is 6.07 Å². The molecule has 0 aliphatic heterocycles. The second-order valence-corrected chi connectivity index (χ2v) is 6.46. The largest absolute Gasteiger partial charge is 0.497 e. The minimum Gasteiger partial charge on any atom is -0.497 e. The summed E-state index contributed by atoms with van der Waals surface area (Å²) in [6, 6.07) is 13.0. The molecule has 0 saturated heterocycles. The Morgan fingerprint density at radius 2 is 1.76 bits per heavy atom. The van der Waals surface area contributed by atoms with Crippen molar-refractivity contribution in [2.24, 2.45) is 0 Å². The van der Waals surface area contributed by atoms with E-state index in [1.165, 1.54) is 30.0 Å².